The van der Waals surface area contributed by atoms with Gasteiger partial charge in [-0.2, -0.15) is 0 Å². The fraction of sp³-hybridized carbons (Fsp3) is 0.360. The Morgan fingerprint density at radius 3 is 2.55 bits per heavy atom. The molecule has 0 radical (unpaired) electrons. The van der Waals surface area contributed by atoms with Gasteiger partial charge in [-0.05, 0) is 50.3 Å². The Hall–Kier alpha value is -3.68. The first-order chi connectivity index (χ1) is 16.1. The Kier molecular flexibility index (Phi) is 7.02. The first kappa shape index (κ1) is 22.5. The molecular formula is C25H27N3O5. The Balaban J connectivity index is 1.43. The number of hydrogen-bond acceptors (Lipinski definition) is 6. The van der Waals surface area contributed by atoms with Crippen LogP contribution in [-0.4, -0.2) is 34.3 Å². The van der Waals surface area contributed by atoms with Gasteiger partial charge in [0.1, 0.15) is 17.8 Å². The fourth-order valence-corrected chi connectivity index (χ4v) is 4.25. The van der Waals surface area contributed by atoms with Crippen LogP contribution in [0.2, 0.25) is 0 Å². The molecule has 0 atom stereocenters. The molecule has 0 bridgehead atoms. The van der Waals surface area contributed by atoms with Gasteiger partial charge in [0.2, 0.25) is 5.43 Å². The number of carbonyl (C=O) groups excluding carboxylic acids is 2. The molecule has 8 nitrogen and oxygen atoms in total. The molecule has 1 amide bonds. The zero-order chi connectivity index (χ0) is 23.2. The maximum atomic E-state index is 12.8. The van der Waals surface area contributed by atoms with Crippen LogP contribution < -0.4 is 10.7 Å². The lowest BCUT2D eigenvalue weighted by atomic mass is 9.90. The van der Waals surface area contributed by atoms with Gasteiger partial charge in [0.25, 0.3) is 0 Å². The second-order valence-corrected chi connectivity index (χ2v) is 8.09. The quantitative estimate of drug-likeness (QED) is 0.572. The molecule has 1 aliphatic rings. The molecule has 1 aliphatic carbocycles. The van der Waals surface area contributed by atoms with Crippen LogP contribution >= 0.6 is 0 Å². The molecule has 0 aliphatic heterocycles. The molecule has 0 spiro atoms. The summed E-state index contributed by atoms with van der Waals surface area (Å²) in [5.74, 6) is -0.626. The highest BCUT2D eigenvalue weighted by atomic mass is 16.5. The number of ether oxygens (including phenoxy) is 2. The zero-order valence-electron chi connectivity index (χ0n) is 18.5. The fourth-order valence-electron chi connectivity index (χ4n) is 4.25. The van der Waals surface area contributed by atoms with Gasteiger partial charge in [-0.3, -0.25) is 4.79 Å². The first-order valence-corrected chi connectivity index (χ1v) is 11.2. The Morgan fingerprint density at radius 1 is 1.06 bits per heavy atom. The van der Waals surface area contributed by atoms with Crippen molar-refractivity contribution in [3.05, 3.63) is 76.2 Å². The molecule has 1 aromatic carbocycles. The van der Waals surface area contributed by atoms with Crippen LogP contribution in [0.4, 0.5) is 4.79 Å². The lowest BCUT2D eigenvalue weighted by molar-refractivity contribution is 0.0523. The standard InChI is InChI=1S/C25H27N3O5/c1-2-32-24(30)21-15-28(23-20(22(21)29)9-6-14-26-23)19-12-10-18(11-13-19)27-25(31)33-16-17-7-4-3-5-8-17/h3-9,14-15,18-19H,2,10-13,16H2,1H3,(H,27,31)/t18-,19-. The number of nitrogens with zero attached hydrogens (tertiary/aromatic N) is 2. The van der Waals surface area contributed by atoms with Crippen LogP contribution in [0.5, 0.6) is 0 Å². The number of benzene rings is 1. The maximum absolute atomic E-state index is 12.8. The van der Waals surface area contributed by atoms with Crippen molar-refractivity contribution in [3.8, 4) is 0 Å². The minimum Gasteiger partial charge on any atom is -0.462 e. The summed E-state index contributed by atoms with van der Waals surface area (Å²) in [6.45, 7) is 2.13. The molecule has 172 valence electrons. The highest BCUT2D eigenvalue weighted by molar-refractivity contribution is 5.93. The van der Waals surface area contributed by atoms with Crippen molar-refractivity contribution < 1.29 is 19.1 Å². The number of alkyl carbamates (subject to hydrolysis) is 1. The number of carbonyl (C=O) groups is 2. The van der Waals surface area contributed by atoms with Gasteiger partial charge in [-0.25, -0.2) is 14.6 Å². The van der Waals surface area contributed by atoms with Crippen molar-refractivity contribution in [3.63, 3.8) is 0 Å². The summed E-state index contributed by atoms with van der Waals surface area (Å²) in [5, 5.41) is 3.34. The Morgan fingerprint density at radius 2 is 1.82 bits per heavy atom. The van der Waals surface area contributed by atoms with Crippen LogP contribution in [0.25, 0.3) is 11.0 Å². The Bertz CT molecular complexity index is 1180. The molecule has 1 saturated carbocycles. The van der Waals surface area contributed by atoms with Crippen molar-refractivity contribution in [1.29, 1.82) is 0 Å². The monoisotopic (exact) mass is 449 g/mol. The second kappa shape index (κ2) is 10.3. The van der Waals surface area contributed by atoms with Crippen LogP contribution in [0.15, 0.2) is 59.7 Å². The van der Waals surface area contributed by atoms with Gasteiger partial charge in [-0.15, -0.1) is 0 Å². The van der Waals surface area contributed by atoms with Crippen molar-refractivity contribution in [2.24, 2.45) is 0 Å². The molecule has 2 aromatic heterocycles. The van der Waals surface area contributed by atoms with Crippen molar-refractivity contribution in [2.75, 3.05) is 6.61 Å². The lowest BCUT2D eigenvalue weighted by Gasteiger charge is -2.31. The van der Waals surface area contributed by atoms with E-state index in [4.69, 9.17) is 9.47 Å². The summed E-state index contributed by atoms with van der Waals surface area (Å²) >= 11 is 0. The maximum Gasteiger partial charge on any atom is 0.407 e. The number of nitrogens with one attached hydrogen (secondary N) is 1. The molecule has 33 heavy (non-hydrogen) atoms. The third kappa shape index (κ3) is 5.22. The van der Waals surface area contributed by atoms with E-state index in [0.717, 1.165) is 31.2 Å². The van der Waals surface area contributed by atoms with Gasteiger partial charge in [0.05, 0.1) is 12.0 Å². The minimum atomic E-state index is -0.626. The van der Waals surface area contributed by atoms with E-state index < -0.39 is 12.1 Å². The largest absolute Gasteiger partial charge is 0.462 e. The normalized spacial score (nSPS) is 18.0. The van der Waals surface area contributed by atoms with Crippen molar-refractivity contribution in [2.45, 2.75) is 51.3 Å². The van der Waals surface area contributed by atoms with Crippen LogP contribution in [0.3, 0.4) is 0 Å². The summed E-state index contributed by atoms with van der Waals surface area (Å²) in [6.07, 6.45) is 5.81. The van der Waals surface area contributed by atoms with Gasteiger partial charge < -0.3 is 19.4 Å². The average Bonchev–Trinajstić information content (AvgIpc) is 2.84. The summed E-state index contributed by atoms with van der Waals surface area (Å²) in [7, 11) is 0. The van der Waals surface area contributed by atoms with E-state index in [-0.39, 0.29) is 36.3 Å². The smallest absolute Gasteiger partial charge is 0.407 e. The van der Waals surface area contributed by atoms with Crippen LogP contribution in [-0.2, 0) is 16.1 Å². The zero-order valence-corrected chi connectivity index (χ0v) is 18.5. The highest BCUT2D eigenvalue weighted by Crippen LogP contribution is 2.30. The first-order valence-electron chi connectivity index (χ1n) is 11.2. The molecule has 0 unspecified atom stereocenters. The van der Waals surface area contributed by atoms with E-state index in [9.17, 15) is 14.4 Å². The Labute approximate surface area is 191 Å². The molecule has 2 heterocycles. The van der Waals surface area contributed by atoms with E-state index in [1.165, 1.54) is 0 Å². The van der Waals surface area contributed by atoms with Crippen molar-refractivity contribution in [1.82, 2.24) is 14.9 Å². The second-order valence-electron chi connectivity index (χ2n) is 8.09. The van der Waals surface area contributed by atoms with E-state index in [2.05, 4.69) is 10.3 Å². The summed E-state index contributed by atoms with van der Waals surface area (Å²) in [5.41, 5.74) is 1.13. The van der Waals surface area contributed by atoms with Gasteiger partial charge in [-0.1, -0.05) is 30.3 Å². The summed E-state index contributed by atoms with van der Waals surface area (Å²) in [6, 6.07) is 13.0. The molecule has 8 heteroatoms. The van der Waals surface area contributed by atoms with Crippen LogP contribution in [0, 0.1) is 0 Å². The molecule has 4 rings (SSSR count). The molecular weight excluding hydrogens is 422 g/mol. The number of esters is 1. The molecule has 1 fully saturated rings. The third-order valence-electron chi connectivity index (χ3n) is 5.91. The number of pyridine rings is 2. The van der Waals surface area contributed by atoms with Gasteiger partial charge in [0, 0.05) is 24.5 Å². The number of aromatic nitrogens is 2. The van der Waals surface area contributed by atoms with Gasteiger partial charge >= 0.3 is 12.1 Å². The summed E-state index contributed by atoms with van der Waals surface area (Å²) < 4.78 is 12.3. The number of fused-ring (bicyclic) bond motifs is 1. The summed E-state index contributed by atoms with van der Waals surface area (Å²) in [4.78, 5) is 41.8. The third-order valence-corrected chi connectivity index (χ3v) is 5.91. The highest BCUT2D eigenvalue weighted by Gasteiger charge is 2.26. The minimum absolute atomic E-state index is 0.00709. The predicted octanol–water partition coefficient (Wildman–Crippen LogP) is 3.98. The number of hydrogen-bond donors (Lipinski definition) is 1. The number of rotatable bonds is 6. The van der Waals surface area contributed by atoms with E-state index in [1.54, 1.807) is 31.5 Å². The predicted molar refractivity (Wildman–Crippen MR) is 123 cm³/mol. The number of amides is 1. The SMILES string of the molecule is CCOC(=O)c1cn([C@H]2CC[C@H](NC(=O)OCc3ccccc3)CC2)c2ncccc2c1=O. The average molecular weight is 450 g/mol. The van der Waals surface area contributed by atoms with E-state index >= 15 is 0 Å². The topological polar surface area (TPSA) is 99.5 Å². The van der Waals surface area contributed by atoms with Crippen LogP contribution in [0.1, 0.15) is 54.6 Å². The van der Waals surface area contributed by atoms with Gasteiger partial charge in [0.15, 0.2) is 0 Å². The molecule has 0 saturated heterocycles. The van der Waals surface area contributed by atoms with E-state index in [0.29, 0.717) is 11.0 Å². The van der Waals surface area contributed by atoms with Crippen molar-refractivity contribution >= 4 is 23.1 Å². The molecule has 1 N–H and O–H groups in total. The van der Waals surface area contributed by atoms with E-state index in [1.807, 2.05) is 34.9 Å². The molecule has 3 aromatic rings. The lowest BCUT2D eigenvalue weighted by Crippen LogP contribution is -2.38.